The first-order chi connectivity index (χ1) is 24.0. The first kappa shape index (κ1) is 39.9. The number of fused-ring (bicyclic) bond motifs is 4. The van der Waals surface area contributed by atoms with E-state index in [1.807, 2.05) is 47.6 Å². The molecule has 2 heterocycles. The van der Waals surface area contributed by atoms with E-state index in [1.54, 1.807) is 0 Å². The van der Waals surface area contributed by atoms with Gasteiger partial charge in [-0.3, -0.25) is 14.8 Å². The average molecular weight is 858 g/mol. The van der Waals surface area contributed by atoms with Crippen molar-refractivity contribution in [2.75, 3.05) is 0 Å². The Morgan fingerprint density at radius 3 is 2.12 bits per heavy atom. The van der Waals surface area contributed by atoms with Crippen molar-refractivity contribution >= 4 is 16.6 Å². The van der Waals surface area contributed by atoms with E-state index in [0.717, 1.165) is 66.4 Å². The van der Waals surface area contributed by atoms with Gasteiger partial charge < -0.3 is 5.11 Å². The number of aliphatic hydroxyl groups is 1. The van der Waals surface area contributed by atoms with E-state index in [1.165, 1.54) is 39.4 Å². The van der Waals surface area contributed by atoms with Gasteiger partial charge in [0.15, 0.2) is 5.78 Å². The minimum atomic E-state index is -0.337. The largest absolute Gasteiger partial charge is 0.512 e. The van der Waals surface area contributed by atoms with Gasteiger partial charge in [0.25, 0.3) is 0 Å². The molecule has 0 aliphatic heterocycles. The molecule has 5 aromatic rings. The van der Waals surface area contributed by atoms with Gasteiger partial charge in [0.1, 0.15) is 5.76 Å². The summed E-state index contributed by atoms with van der Waals surface area (Å²) in [7, 11) is 0. The summed E-state index contributed by atoms with van der Waals surface area (Å²) in [5.41, 5.74) is 9.91. The van der Waals surface area contributed by atoms with Crippen LogP contribution in [0, 0.1) is 16.9 Å². The number of carbonyl (C=O) groups is 1. The molecule has 4 nitrogen and oxygen atoms in total. The Morgan fingerprint density at radius 1 is 0.824 bits per heavy atom. The first-order valence-electron chi connectivity index (χ1n) is 18.4. The van der Waals surface area contributed by atoms with E-state index in [0.29, 0.717) is 5.92 Å². The molecule has 0 spiro atoms. The van der Waals surface area contributed by atoms with Crippen molar-refractivity contribution in [1.82, 2.24) is 9.97 Å². The van der Waals surface area contributed by atoms with Crippen LogP contribution < -0.4 is 0 Å². The number of nitrogens with zero attached hydrogens (tertiary/aromatic N) is 2. The zero-order valence-corrected chi connectivity index (χ0v) is 34.0. The third-order valence-corrected chi connectivity index (χ3v) is 11.3. The minimum absolute atomic E-state index is 0. The maximum absolute atomic E-state index is 12.2. The molecule has 1 radical (unpaired) electrons. The van der Waals surface area contributed by atoms with Gasteiger partial charge in [-0.25, -0.2) is 0 Å². The second-order valence-electron chi connectivity index (χ2n) is 14.6. The van der Waals surface area contributed by atoms with Gasteiger partial charge in [0.2, 0.25) is 0 Å². The number of rotatable bonds is 10. The molecule has 0 saturated heterocycles. The number of aliphatic hydroxyl groups excluding tert-OH is 1. The second kappa shape index (κ2) is 17.1. The molecule has 269 valence electrons. The smallest absolute Gasteiger partial charge is 0.164 e. The fraction of sp³-hybridized carbons (Fsp3) is 0.370. The van der Waals surface area contributed by atoms with Gasteiger partial charge in [0, 0.05) is 65.7 Å². The zero-order valence-electron chi connectivity index (χ0n) is 31.6. The van der Waals surface area contributed by atoms with Gasteiger partial charge in [-0.2, -0.15) is 0 Å². The zero-order chi connectivity index (χ0) is 36.1. The fourth-order valence-electron chi connectivity index (χ4n) is 6.60. The molecule has 5 heteroatoms. The van der Waals surface area contributed by atoms with Gasteiger partial charge in [0.05, 0.1) is 5.69 Å². The van der Waals surface area contributed by atoms with Gasteiger partial charge in [-0.15, -0.1) is 29.1 Å². The van der Waals surface area contributed by atoms with Crippen LogP contribution in [-0.4, -0.2) is 20.9 Å². The Morgan fingerprint density at radius 2 is 1.47 bits per heavy atom. The number of aromatic nitrogens is 2. The number of aryl methyl sites for hydroxylation is 2. The van der Waals surface area contributed by atoms with Crippen molar-refractivity contribution in [1.29, 1.82) is 0 Å². The molecule has 6 rings (SSSR count). The van der Waals surface area contributed by atoms with Gasteiger partial charge >= 0.3 is 0 Å². The van der Waals surface area contributed by atoms with Crippen LogP contribution >= 0.6 is 0 Å². The Bertz CT molecular complexity index is 1990. The van der Waals surface area contributed by atoms with Crippen LogP contribution in [0.5, 0.6) is 0 Å². The van der Waals surface area contributed by atoms with Crippen LogP contribution in [0.3, 0.4) is 0 Å². The molecule has 1 N–H and O–H groups in total. The van der Waals surface area contributed by atoms with Crippen molar-refractivity contribution in [3.63, 3.8) is 0 Å². The number of carbonyl (C=O) groups excluding carboxylic acids is 1. The molecule has 2 aromatic heterocycles. The average Bonchev–Trinajstić information content (AvgIpc) is 3.16. The van der Waals surface area contributed by atoms with E-state index in [4.69, 9.17) is 9.97 Å². The van der Waals surface area contributed by atoms with Crippen LogP contribution in [0.2, 0.25) is 0 Å². The summed E-state index contributed by atoms with van der Waals surface area (Å²) in [5.74, 6) is 0.718. The predicted molar refractivity (Wildman–Crippen MR) is 209 cm³/mol. The SMILES string of the molecule is CC(C)c1cc(-c2cc3c(cn2)CCc2nc(-c4ccccc4)ccc2-3)[c-]c2ccccc12.CCC(C)(CC)C(=O)/C=C(\O)C(C)(CC)CC.[Ir]. The third-order valence-electron chi connectivity index (χ3n) is 11.3. The molecule has 0 bridgehead atoms. The third kappa shape index (κ3) is 8.59. The number of benzene rings is 3. The summed E-state index contributed by atoms with van der Waals surface area (Å²) in [6.45, 7) is 16.6. The molecule has 0 atom stereocenters. The van der Waals surface area contributed by atoms with Crippen molar-refractivity contribution in [2.45, 2.75) is 99.8 Å². The van der Waals surface area contributed by atoms with E-state index < -0.39 is 0 Å². The fourth-order valence-corrected chi connectivity index (χ4v) is 6.60. The topological polar surface area (TPSA) is 63.1 Å². The molecule has 3 aromatic carbocycles. The number of hydrogen-bond acceptors (Lipinski definition) is 4. The van der Waals surface area contributed by atoms with Crippen molar-refractivity contribution < 1.29 is 30.0 Å². The Labute approximate surface area is 319 Å². The number of pyridine rings is 2. The molecular weight excluding hydrogens is 805 g/mol. The Hall–Kier alpha value is -3.92. The molecule has 0 unspecified atom stereocenters. The van der Waals surface area contributed by atoms with Crippen molar-refractivity contribution in [3.8, 4) is 33.6 Å². The van der Waals surface area contributed by atoms with E-state index in [-0.39, 0.29) is 42.5 Å². The molecule has 0 amide bonds. The Kier molecular flexibility index (Phi) is 13.3. The monoisotopic (exact) mass is 858 g/mol. The summed E-state index contributed by atoms with van der Waals surface area (Å²) in [5, 5.41) is 12.6. The van der Waals surface area contributed by atoms with Crippen molar-refractivity contribution in [3.05, 3.63) is 120 Å². The Balaban J connectivity index is 0.000000279. The van der Waals surface area contributed by atoms with Crippen LogP contribution in [0.4, 0.5) is 0 Å². The molecule has 0 fully saturated rings. The maximum atomic E-state index is 12.2. The summed E-state index contributed by atoms with van der Waals surface area (Å²) >= 11 is 0. The molecule has 1 aliphatic rings. The predicted octanol–water partition coefficient (Wildman–Crippen LogP) is 12.3. The molecule has 1 aliphatic carbocycles. The molecule has 0 saturated carbocycles. The molecule has 51 heavy (non-hydrogen) atoms. The van der Waals surface area contributed by atoms with E-state index in [9.17, 15) is 9.90 Å². The van der Waals surface area contributed by atoms with Gasteiger partial charge in [-0.05, 0) is 61.6 Å². The number of hydrogen-bond donors (Lipinski definition) is 1. The van der Waals surface area contributed by atoms with Crippen molar-refractivity contribution in [2.24, 2.45) is 10.8 Å². The first-order valence-corrected chi connectivity index (χ1v) is 18.4. The van der Waals surface area contributed by atoms with E-state index >= 15 is 0 Å². The van der Waals surface area contributed by atoms with Crippen LogP contribution in [-0.2, 0) is 37.7 Å². The number of ketones is 1. The van der Waals surface area contributed by atoms with Crippen LogP contribution in [0.1, 0.15) is 104 Å². The normalized spacial score (nSPS) is 12.8. The summed E-state index contributed by atoms with van der Waals surface area (Å²) in [4.78, 5) is 22.1. The maximum Gasteiger partial charge on any atom is 0.164 e. The van der Waals surface area contributed by atoms with Crippen LogP contribution in [0.25, 0.3) is 44.4 Å². The van der Waals surface area contributed by atoms with E-state index in [2.05, 4.69) is 98.9 Å². The standard InChI is InChI=1S/C31H25N2.C15H28O2.Ir/c1-20(2)27-17-24(16-22-10-6-7-11-25(22)27)31-18-28-23(19-32-31)12-14-30-26(28)13-15-29(33-30)21-8-4-3-5-9-21;1-7-14(5,8-2)12(16)11-13(17)15(6,9-3)10-4;/h3-11,13,15,17-20H,12,14H2,1-2H3;11,16H,7-10H2,1-6H3;/q-1;;/b;12-11-;. The van der Waals surface area contributed by atoms with Gasteiger partial charge in [-0.1, -0.05) is 127 Å². The minimum Gasteiger partial charge on any atom is -0.512 e. The van der Waals surface area contributed by atoms with Crippen LogP contribution in [0.15, 0.2) is 96.9 Å². The summed E-state index contributed by atoms with van der Waals surface area (Å²) < 4.78 is 0. The summed E-state index contributed by atoms with van der Waals surface area (Å²) in [6, 6.07) is 31.4. The quantitative estimate of drug-likeness (QED) is 0.0863. The second-order valence-corrected chi connectivity index (χ2v) is 14.6. The molecular formula is C46H53IrN2O2-. The summed E-state index contributed by atoms with van der Waals surface area (Å²) in [6.07, 6.45) is 8.73. The number of allylic oxidation sites excluding steroid dienone is 2.